The fraction of sp³-hybridized carbons (Fsp3) is 0.300. The number of halogens is 1. The van der Waals surface area contributed by atoms with Crippen molar-refractivity contribution in [2.24, 2.45) is 0 Å². The average molecular weight is 290 g/mol. The van der Waals surface area contributed by atoms with Crippen LogP contribution in [-0.4, -0.2) is 5.97 Å². The summed E-state index contributed by atoms with van der Waals surface area (Å²) in [5.74, 6) is 0.467. The molecule has 1 rings (SSSR count). The molecule has 0 heterocycles. The van der Waals surface area contributed by atoms with E-state index in [1.807, 2.05) is 25.1 Å². The van der Waals surface area contributed by atoms with Gasteiger partial charge in [0.2, 0.25) is 0 Å². The molecule has 0 bridgehead atoms. The number of carbonyl (C=O) groups is 1. The molecule has 0 aliphatic carbocycles. The van der Waals surface area contributed by atoms with Crippen LogP contribution in [0.4, 0.5) is 0 Å². The zero-order valence-electron chi connectivity index (χ0n) is 7.42. The van der Waals surface area contributed by atoms with Crippen molar-refractivity contribution in [3.8, 4) is 5.75 Å². The van der Waals surface area contributed by atoms with E-state index in [1.165, 1.54) is 0 Å². The molecule has 0 amide bonds. The molecular formula is C10H11IO2. The lowest BCUT2D eigenvalue weighted by atomic mass is 10.3. The summed E-state index contributed by atoms with van der Waals surface area (Å²) in [6, 6.07) is 7.46. The van der Waals surface area contributed by atoms with Crippen LogP contribution in [0, 0.1) is 3.57 Å². The van der Waals surface area contributed by atoms with E-state index in [0.717, 1.165) is 9.99 Å². The van der Waals surface area contributed by atoms with Gasteiger partial charge in [0, 0.05) is 9.99 Å². The van der Waals surface area contributed by atoms with E-state index in [1.54, 1.807) is 6.07 Å². The highest BCUT2D eigenvalue weighted by atomic mass is 127. The van der Waals surface area contributed by atoms with E-state index in [9.17, 15) is 4.79 Å². The molecule has 0 spiro atoms. The fourth-order valence-corrected chi connectivity index (χ4v) is 1.43. The van der Waals surface area contributed by atoms with Crippen LogP contribution in [0.25, 0.3) is 0 Å². The van der Waals surface area contributed by atoms with Crippen LogP contribution in [-0.2, 0) is 4.79 Å². The van der Waals surface area contributed by atoms with Gasteiger partial charge in [0.25, 0.3) is 0 Å². The summed E-state index contributed by atoms with van der Waals surface area (Å²) >= 11 is 2.18. The van der Waals surface area contributed by atoms with Gasteiger partial charge in [-0.15, -0.1) is 0 Å². The molecular weight excluding hydrogens is 279 g/mol. The minimum atomic E-state index is -0.162. The topological polar surface area (TPSA) is 26.3 Å². The summed E-state index contributed by atoms with van der Waals surface area (Å²) in [5, 5.41) is 0. The van der Waals surface area contributed by atoms with Crippen molar-refractivity contribution < 1.29 is 9.53 Å². The number of benzene rings is 1. The molecule has 0 atom stereocenters. The number of hydrogen-bond donors (Lipinski definition) is 0. The molecule has 0 radical (unpaired) electrons. The SMILES string of the molecule is CCCC(=O)Oc1cccc(I)c1. The Labute approximate surface area is 91.4 Å². The molecule has 0 saturated carbocycles. The molecule has 1 aromatic carbocycles. The molecule has 0 saturated heterocycles. The molecule has 2 nitrogen and oxygen atoms in total. The molecule has 13 heavy (non-hydrogen) atoms. The second kappa shape index (κ2) is 5.21. The van der Waals surface area contributed by atoms with E-state index >= 15 is 0 Å². The van der Waals surface area contributed by atoms with E-state index in [0.29, 0.717) is 12.2 Å². The summed E-state index contributed by atoms with van der Waals surface area (Å²) in [7, 11) is 0. The average Bonchev–Trinajstić information content (AvgIpc) is 2.04. The Morgan fingerprint density at radius 3 is 2.92 bits per heavy atom. The van der Waals surface area contributed by atoms with Crippen LogP contribution in [0.2, 0.25) is 0 Å². The van der Waals surface area contributed by atoms with Gasteiger partial charge in [-0.25, -0.2) is 0 Å². The molecule has 70 valence electrons. The first-order chi connectivity index (χ1) is 6.22. The predicted molar refractivity (Wildman–Crippen MR) is 59.7 cm³/mol. The summed E-state index contributed by atoms with van der Waals surface area (Å²) < 4.78 is 6.16. The van der Waals surface area contributed by atoms with Gasteiger partial charge in [-0.3, -0.25) is 4.79 Å². The standard InChI is InChI=1S/C10H11IO2/c1-2-4-10(12)13-9-6-3-5-8(11)7-9/h3,5-7H,2,4H2,1H3. The first-order valence-electron chi connectivity index (χ1n) is 4.18. The van der Waals surface area contributed by atoms with Gasteiger partial charge in [0.05, 0.1) is 0 Å². The summed E-state index contributed by atoms with van der Waals surface area (Å²) in [6.07, 6.45) is 1.30. The van der Waals surface area contributed by atoms with Crippen molar-refractivity contribution in [2.75, 3.05) is 0 Å². The number of esters is 1. The molecule has 1 aromatic rings. The molecule has 0 aromatic heterocycles. The highest BCUT2D eigenvalue weighted by molar-refractivity contribution is 14.1. The molecule has 0 N–H and O–H groups in total. The number of ether oxygens (including phenoxy) is 1. The van der Waals surface area contributed by atoms with Crippen molar-refractivity contribution in [1.29, 1.82) is 0 Å². The number of rotatable bonds is 3. The first kappa shape index (κ1) is 10.5. The number of carbonyl (C=O) groups excluding carboxylic acids is 1. The predicted octanol–water partition coefficient (Wildman–Crippen LogP) is 3.00. The maximum Gasteiger partial charge on any atom is 0.311 e. The Morgan fingerprint density at radius 2 is 2.31 bits per heavy atom. The Kier molecular flexibility index (Phi) is 4.21. The lowest BCUT2D eigenvalue weighted by Gasteiger charge is -2.02. The van der Waals surface area contributed by atoms with Crippen molar-refractivity contribution in [1.82, 2.24) is 0 Å². The normalized spacial score (nSPS) is 9.69. The van der Waals surface area contributed by atoms with Gasteiger partial charge in [-0.2, -0.15) is 0 Å². The smallest absolute Gasteiger partial charge is 0.311 e. The van der Waals surface area contributed by atoms with E-state index in [4.69, 9.17) is 4.74 Å². The Morgan fingerprint density at radius 1 is 1.54 bits per heavy atom. The van der Waals surface area contributed by atoms with Gasteiger partial charge in [0.15, 0.2) is 0 Å². The molecule has 0 fully saturated rings. The summed E-state index contributed by atoms with van der Waals surface area (Å²) in [4.78, 5) is 11.1. The molecule has 0 aliphatic heterocycles. The second-order valence-corrected chi connectivity index (χ2v) is 3.93. The van der Waals surface area contributed by atoms with Gasteiger partial charge in [0.1, 0.15) is 5.75 Å². The maximum absolute atomic E-state index is 11.1. The van der Waals surface area contributed by atoms with Crippen LogP contribution in [0.1, 0.15) is 19.8 Å². The Balaban J connectivity index is 2.58. The third-order valence-electron chi connectivity index (χ3n) is 1.48. The van der Waals surface area contributed by atoms with Crippen LogP contribution < -0.4 is 4.74 Å². The van der Waals surface area contributed by atoms with Gasteiger partial charge in [-0.1, -0.05) is 13.0 Å². The highest BCUT2D eigenvalue weighted by Gasteiger charge is 2.02. The zero-order valence-corrected chi connectivity index (χ0v) is 9.58. The molecule has 0 aliphatic rings. The van der Waals surface area contributed by atoms with Gasteiger partial charge < -0.3 is 4.74 Å². The number of hydrogen-bond acceptors (Lipinski definition) is 2. The highest BCUT2D eigenvalue weighted by Crippen LogP contribution is 2.15. The molecule has 0 unspecified atom stereocenters. The van der Waals surface area contributed by atoms with Crippen molar-refractivity contribution in [3.05, 3.63) is 27.8 Å². The largest absolute Gasteiger partial charge is 0.426 e. The lowest BCUT2D eigenvalue weighted by Crippen LogP contribution is -2.06. The maximum atomic E-state index is 11.1. The van der Waals surface area contributed by atoms with Crippen molar-refractivity contribution in [2.45, 2.75) is 19.8 Å². The fourth-order valence-electron chi connectivity index (χ4n) is 0.917. The van der Waals surface area contributed by atoms with Gasteiger partial charge in [-0.05, 0) is 47.2 Å². The molecule has 3 heteroatoms. The Hall–Kier alpha value is -0.580. The summed E-state index contributed by atoms with van der Waals surface area (Å²) in [5.41, 5.74) is 0. The second-order valence-electron chi connectivity index (χ2n) is 2.68. The van der Waals surface area contributed by atoms with Crippen LogP contribution in [0.5, 0.6) is 5.75 Å². The van der Waals surface area contributed by atoms with Crippen LogP contribution in [0.15, 0.2) is 24.3 Å². The first-order valence-corrected chi connectivity index (χ1v) is 5.26. The zero-order chi connectivity index (χ0) is 9.68. The minimum absolute atomic E-state index is 0.162. The Bertz CT molecular complexity index is 297. The summed E-state index contributed by atoms with van der Waals surface area (Å²) in [6.45, 7) is 1.95. The lowest BCUT2D eigenvalue weighted by molar-refractivity contribution is -0.134. The van der Waals surface area contributed by atoms with E-state index < -0.39 is 0 Å². The van der Waals surface area contributed by atoms with Crippen molar-refractivity contribution >= 4 is 28.6 Å². The van der Waals surface area contributed by atoms with E-state index in [2.05, 4.69) is 22.6 Å². The monoisotopic (exact) mass is 290 g/mol. The van der Waals surface area contributed by atoms with Crippen LogP contribution >= 0.6 is 22.6 Å². The third kappa shape index (κ3) is 3.76. The van der Waals surface area contributed by atoms with E-state index in [-0.39, 0.29) is 5.97 Å². The third-order valence-corrected chi connectivity index (χ3v) is 2.15. The minimum Gasteiger partial charge on any atom is -0.426 e. The van der Waals surface area contributed by atoms with Crippen molar-refractivity contribution in [3.63, 3.8) is 0 Å². The quantitative estimate of drug-likeness (QED) is 0.486. The van der Waals surface area contributed by atoms with Gasteiger partial charge >= 0.3 is 5.97 Å². The van der Waals surface area contributed by atoms with Crippen LogP contribution in [0.3, 0.4) is 0 Å².